The molecule has 140 valence electrons. The molecule has 2 aromatic carbocycles. The minimum Gasteiger partial charge on any atom is -0.462 e. The van der Waals surface area contributed by atoms with Crippen LogP contribution in [0.3, 0.4) is 0 Å². The predicted octanol–water partition coefficient (Wildman–Crippen LogP) is 5.70. The van der Waals surface area contributed by atoms with E-state index in [9.17, 15) is 4.79 Å². The van der Waals surface area contributed by atoms with Gasteiger partial charge < -0.3 is 9.84 Å². The first-order valence-electron chi connectivity index (χ1n) is 9.29. The van der Waals surface area contributed by atoms with Gasteiger partial charge in [0.2, 0.25) is 0 Å². The first-order chi connectivity index (χ1) is 12.7. The van der Waals surface area contributed by atoms with Crippen LogP contribution in [0.2, 0.25) is 0 Å². The van der Waals surface area contributed by atoms with E-state index < -0.39 is 0 Å². The molecule has 0 aliphatic heterocycles. The molecule has 2 rings (SSSR count). The number of hydrogen-bond acceptors (Lipinski definition) is 3. The number of aliphatic hydroxyl groups is 1. The summed E-state index contributed by atoms with van der Waals surface area (Å²) in [5.41, 5.74) is 3.08. The van der Waals surface area contributed by atoms with Crippen molar-refractivity contribution in [2.45, 2.75) is 44.9 Å². The number of halogens is 1. The number of benzene rings is 2. The van der Waals surface area contributed by atoms with Crippen molar-refractivity contribution in [2.75, 3.05) is 13.2 Å². The lowest BCUT2D eigenvalue weighted by Gasteiger charge is -2.19. The Hall–Kier alpha value is -1.65. The lowest BCUT2D eigenvalue weighted by molar-refractivity contribution is 0.0526. The minimum atomic E-state index is -0.275. The molecule has 0 saturated carbocycles. The van der Waals surface area contributed by atoms with Crippen molar-refractivity contribution in [3.8, 4) is 0 Å². The number of carbonyl (C=O) groups excluding carboxylic acids is 1. The van der Waals surface area contributed by atoms with E-state index >= 15 is 0 Å². The fraction of sp³-hybridized carbons (Fsp3) is 0.409. The first-order valence-corrected chi connectivity index (χ1v) is 10.1. The molecule has 0 spiro atoms. The van der Waals surface area contributed by atoms with Gasteiger partial charge in [0.05, 0.1) is 12.2 Å². The van der Waals surface area contributed by atoms with Crippen LogP contribution in [0.15, 0.2) is 53.0 Å². The van der Waals surface area contributed by atoms with E-state index in [4.69, 9.17) is 9.84 Å². The van der Waals surface area contributed by atoms with Crippen LogP contribution in [0.25, 0.3) is 0 Å². The summed E-state index contributed by atoms with van der Waals surface area (Å²) in [7, 11) is 0. The zero-order valence-electron chi connectivity index (χ0n) is 15.3. The molecule has 0 aliphatic rings. The third-order valence-electron chi connectivity index (χ3n) is 4.50. The Morgan fingerprint density at radius 2 is 1.54 bits per heavy atom. The van der Waals surface area contributed by atoms with Gasteiger partial charge in [0.15, 0.2) is 0 Å². The fourth-order valence-corrected chi connectivity index (χ4v) is 3.36. The maximum absolute atomic E-state index is 11.9. The molecule has 2 aromatic rings. The van der Waals surface area contributed by atoms with Crippen molar-refractivity contribution < 1.29 is 14.6 Å². The maximum atomic E-state index is 11.9. The summed E-state index contributed by atoms with van der Waals surface area (Å²) in [4.78, 5) is 11.9. The molecule has 0 aliphatic carbocycles. The van der Waals surface area contributed by atoms with E-state index in [1.54, 1.807) is 0 Å². The summed E-state index contributed by atoms with van der Waals surface area (Å²) in [5, 5.41) is 8.92. The molecular formula is C22H27BrO3. The molecule has 1 atom stereocenters. The van der Waals surface area contributed by atoms with Gasteiger partial charge in [-0.3, -0.25) is 0 Å². The van der Waals surface area contributed by atoms with E-state index in [1.165, 1.54) is 11.1 Å². The van der Waals surface area contributed by atoms with Crippen LogP contribution in [-0.4, -0.2) is 24.3 Å². The normalized spacial score (nSPS) is 12.0. The summed E-state index contributed by atoms with van der Waals surface area (Å²) in [6.45, 7) is 2.47. The molecule has 0 amide bonds. The lowest BCUT2D eigenvalue weighted by atomic mass is 9.86. The SMILES string of the molecule is CCOC(=O)c1ccc(C(CCCCCCO)c2ccc(Br)cc2)cc1. The van der Waals surface area contributed by atoms with Gasteiger partial charge in [0.25, 0.3) is 0 Å². The smallest absolute Gasteiger partial charge is 0.338 e. The summed E-state index contributed by atoms with van der Waals surface area (Å²) in [6, 6.07) is 16.2. The largest absolute Gasteiger partial charge is 0.462 e. The van der Waals surface area contributed by atoms with Crippen molar-refractivity contribution in [3.05, 3.63) is 69.7 Å². The van der Waals surface area contributed by atoms with Crippen LogP contribution < -0.4 is 0 Å². The van der Waals surface area contributed by atoms with Crippen LogP contribution >= 0.6 is 15.9 Å². The van der Waals surface area contributed by atoms with Gasteiger partial charge in [-0.25, -0.2) is 4.79 Å². The molecule has 0 radical (unpaired) electrons. The standard InChI is InChI=1S/C22H27BrO3/c1-2-26-22(25)19-10-8-17(9-11-19)21(7-5-3-4-6-16-24)18-12-14-20(23)15-13-18/h8-15,21,24H,2-7,16H2,1H3. The Bertz CT molecular complexity index is 665. The molecule has 0 aromatic heterocycles. The van der Waals surface area contributed by atoms with Gasteiger partial charge in [0.1, 0.15) is 0 Å². The second-order valence-electron chi connectivity index (χ2n) is 6.37. The average Bonchev–Trinajstić information content (AvgIpc) is 2.66. The van der Waals surface area contributed by atoms with Crippen LogP contribution in [0.4, 0.5) is 0 Å². The molecule has 0 bridgehead atoms. The molecule has 0 saturated heterocycles. The van der Waals surface area contributed by atoms with Gasteiger partial charge in [0, 0.05) is 17.0 Å². The highest BCUT2D eigenvalue weighted by Gasteiger charge is 2.15. The molecule has 3 nitrogen and oxygen atoms in total. The number of esters is 1. The van der Waals surface area contributed by atoms with Gasteiger partial charge in [-0.05, 0) is 55.2 Å². The highest BCUT2D eigenvalue weighted by Crippen LogP contribution is 2.31. The third-order valence-corrected chi connectivity index (χ3v) is 5.03. The van der Waals surface area contributed by atoms with Crippen LogP contribution in [0.5, 0.6) is 0 Å². The van der Waals surface area contributed by atoms with Crippen LogP contribution in [0, 0.1) is 0 Å². The highest BCUT2D eigenvalue weighted by molar-refractivity contribution is 9.10. The van der Waals surface area contributed by atoms with Gasteiger partial charge >= 0.3 is 5.97 Å². The van der Waals surface area contributed by atoms with Gasteiger partial charge in [-0.1, -0.05) is 59.5 Å². The summed E-state index contributed by atoms with van der Waals surface area (Å²) in [5.74, 6) is 0.0247. The average molecular weight is 419 g/mol. The second kappa shape index (κ2) is 11.1. The minimum absolute atomic E-state index is 0.269. The van der Waals surface area contributed by atoms with E-state index in [0.717, 1.165) is 36.6 Å². The molecule has 4 heteroatoms. The van der Waals surface area contributed by atoms with Crippen molar-refractivity contribution in [2.24, 2.45) is 0 Å². The Kier molecular flexibility index (Phi) is 8.86. The first kappa shape index (κ1) is 20.7. The Morgan fingerprint density at radius 3 is 2.12 bits per heavy atom. The van der Waals surface area contributed by atoms with Gasteiger partial charge in [-0.2, -0.15) is 0 Å². The Labute approximate surface area is 164 Å². The zero-order chi connectivity index (χ0) is 18.8. The van der Waals surface area contributed by atoms with E-state index in [2.05, 4.69) is 40.2 Å². The summed E-state index contributed by atoms with van der Waals surface area (Å²) >= 11 is 3.50. The van der Waals surface area contributed by atoms with E-state index in [0.29, 0.717) is 18.1 Å². The topological polar surface area (TPSA) is 46.5 Å². The molecule has 1 unspecified atom stereocenters. The van der Waals surface area contributed by atoms with E-state index in [-0.39, 0.29) is 12.6 Å². The molecule has 26 heavy (non-hydrogen) atoms. The van der Waals surface area contributed by atoms with Crippen LogP contribution in [0.1, 0.15) is 66.4 Å². The number of carbonyl (C=O) groups is 1. The molecule has 1 N–H and O–H groups in total. The van der Waals surface area contributed by atoms with Crippen molar-refractivity contribution >= 4 is 21.9 Å². The quantitative estimate of drug-likeness (QED) is 0.397. The maximum Gasteiger partial charge on any atom is 0.338 e. The predicted molar refractivity (Wildman–Crippen MR) is 109 cm³/mol. The monoisotopic (exact) mass is 418 g/mol. The zero-order valence-corrected chi connectivity index (χ0v) is 16.9. The number of rotatable bonds is 10. The highest BCUT2D eigenvalue weighted by atomic mass is 79.9. The summed E-state index contributed by atoms with van der Waals surface area (Å²) in [6.07, 6.45) is 5.21. The summed E-state index contributed by atoms with van der Waals surface area (Å²) < 4.78 is 6.13. The number of unbranched alkanes of at least 4 members (excludes halogenated alkanes) is 3. The number of aliphatic hydroxyl groups excluding tert-OH is 1. The van der Waals surface area contributed by atoms with Crippen molar-refractivity contribution in [3.63, 3.8) is 0 Å². The molecule has 0 heterocycles. The third kappa shape index (κ3) is 6.26. The van der Waals surface area contributed by atoms with E-state index in [1.807, 2.05) is 31.2 Å². The Balaban J connectivity index is 2.14. The molecular weight excluding hydrogens is 392 g/mol. The van der Waals surface area contributed by atoms with Gasteiger partial charge in [-0.15, -0.1) is 0 Å². The number of hydrogen-bond donors (Lipinski definition) is 1. The second-order valence-corrected chi connectivity index (χ2v) is 7.29. The Morgan fingerprint density at radius 1 is 0.962 bits per heavy atom. The van der Waals surface area contributed by atoms with Crippen molar-refractivity contribution in [1.29, 1.82) is 0 Å². The fourth-order valence-electron chi connectivity index (χ4n) is 3.10. The molecule has 0 fully saturated rings. The van der Waals surface area contributed by atoms with Crippen LogP contribution in [-0.2, 0) is 4.74 Å². The number of ether oxygens (including phenoxy) is 1. The van der Waals surface area contributed by atoms with Crippen molar-refractivity contribution in [1.82, 2.24) is 0 Å². The lowest BCUT2D eigenvalue weighted by Crippen LogP contribution is -2.06.